The van der Waals surface area contributed by atoms with E-state index in [2.05, 4.69) is 12.6 Å². The summed E-state index contributed by atoms with van der Waals surface area (Å²) in [5, 5.41) is 0. The molecule has 0 saturated carbocycles. The molecule has 0 aliphatic carbocycles. The molecule has 3 nitrogen and oxygen atoms in total. The fourth-order valence-electron chi connectivity index (χ4n) is 1.75. The van der Waals surface area contributed by atoms with Gasteiger partial charge in [-0.05, 0) is 37.3 Å². The Bertz CT molecular complexity index is 569. The maximum absolute atomic E-state index is 13.1. The first-order valence-corrected chi connectivity index (χ1v) is 6.36. The Labute approximate surface area is 116 Å². The van der Waals surface area contributed by atoms with Crippen molar-refractivity contribution in [3.63, 3.8) is 0 Å². The van der Waals surface area contributed by atoms with Gasteiger partial charge in [-0.15, -0.1) is 12.6 Å². The van der Waals surface area contributed by atoms with Crippen molar-refractivity contribution in [1.82, 2.24) is 4.90 Å². The molecule has 0 atom stereocenters. The second-order valence-corrected chi connectivity index (χ2v) is 4.55. The van der Waals surface area contributed by atoms with Crippen molar-refractivity contribution >= 4 is 18.5 Å². The van der Waals surface area contributed by atoms with E-state index >= 15 is 0 Å². The van der Waals surface area contributed by atoms with Gasteiger partial charge < -0.3 is 9.32 Å². The number of hydrogen-bond acceptors (Lipinski definition) is 3. The number of amides is 1. The topological polar surface area (TPSA) is 33.5 Å². The molecule has 0 radical (unpaired) electrons. The van der Waals surface area contributed by atoms with Crippen LogP contribution in [0.5, 0.6) is 0 Å². The van der Waals surface area contributed by atoms with Gasteiger partial charge in [0, 0.05) is 17.0 Å². The molecule has 1 aromatic carbocycles. The van der Waals surface area contributed by atoms with Crippen LogP contribution in [0.4, 0.5) is 4.39 Å². The van der Waals surface area contributed by atoms with Crippen LogP contribution in [0.1, 0.15) is 23.0 Å². The molecule has 2 aromatic rings. The molecule has 1 amide bonds. The third-order valence-corrected chi connectivity index (χ3v) is 3.13. The minimum atomic E-state index is -0.436. The lowest BCUT2D eigenvalue weighted by molar-refractivity contribution is 0.0741. The minimum absolute atomic E-state index is 0.167. The zero-order valence-electron chi connectivity index (χ0n) is 10.5. The molecule has 0 aliphatic rings. The van der Waals surface area contributed by atoms with Crippen molar-refractivity contribution < 1.29 is 13.6 Å². The van der Waals surface area contributed by atoms with Crippen LogP contribution in [0.3, 0.4) is 0 Å². The van der Waals surface area contributed by atoms with Gasteiger partial charge >= 0.3 is 0 Å². The summed E-state index contributed by atoms with van der Waals surface area (Å²) in [5.74, 6) is 0.103. The number of halogens is 1. The predicted octanol–water partition coefficient (Wildman–Crippen LogP) is 3.37. The Balaban J connectivity index is 2.18. The van der Waals surface area contributed by atoms with E-state index in [1.54, 1.807) is 17.2 Å². The summed E-state index contributed by atoms with van der Waals surface area (Å²) in [6.45, 7) is 2.81. The number of furan rings is 1. The van der Waals surface area contributed by atoms with Crippen LogP contribution in [0.2, 0.25) is 0 Å². The quantitative estimate of drug-likeness (QED) is 0.871. The lowest BCUT2D eigenvalue weighted by atomic mass is 10.2. The lowest BCUT2D eigenvalue weighted by Crippen LogP contribution is -2.30. The SMILES string of the molecule is CCN(Cc1ccco1)C(=O)c1ccc(F)c(S)c1. The number of nitrogens with zero attached hydrogens (tertiary/aromatic N) is 1. The van der Waals surface area contributed by atoms with E-state index in [1.807, 2.05) is 13.0 Å². The van der Waals surface area contributed by atoms with Crippen LogP contribution in [0, 0.1) is 5.82 Å². The highest BCUT2D eigenvalue weighted by molar-refractivity contribution is 7.80. The average Bonchev–Trinajstić information content (AvgIpc) is 2.91. The standard InChI is InChI=1S/C14H14FNO2S/c1-2-16(9-11-4-3-7-18-11)14(17)10-5-6-12(15)13(19)8-10/h3-8,19H,2,9H2,1H3. The van der Waals surface area contributed by atoms with Crippen LogP contribution >= 0.6 is 12.6 Å². The van der Waals surface area contributed by atoms with E-state index < -0.39 is 5.82 Å². The molecule has 1 aromatic heterocycles. The molecule has 1 heterocycles. The average molecular weight is 279 g/mol. The maximum Gasteiger partial charge on any atom is 0.254 e. The summed E-state index contributed by atoms with van der Waals surface area (Å²) >= 11 is 3.98. The van der Waals surface area contributed by atoms with Gasteiger partial charge in [0.15, 0.2) is 0 Å². The molecule has 0 fully saturated rings. The third-order valence-electron chi connectivity index (χ3n) is 2.79. The smallest absolute Gasteiger partial charge is 0.254 e. The first-order chi connectivity index (χ1) is 9.11. The largest absolute Gasteiger partial charge is 0.467 e. The molecular weight excluding hydrogens is 265 g/mol. The number of carbonyl (C=O) groups is 1. The van der Waals surface area contributed by atoms with Crippen molar-refractivity contribution in [3.05, 3.63) is 53.7 Å². The zero-order valence-corrected chi connectivity index (χ0v) is 11.4. The Hall–Kier alpha value is -1.75. The van der Waals surface area contributed by atoms with Gasteiger partial charge in [-0.1, -0.05) is 0 Å². The zero-order chi connectivity index (χ0) is 13.8. The maximum atomic E-state index is 13.1. The minimum Gasteiger partial charge on any atom is -0.467 e. The van der Waals surface area contributed by atoms with Crippen LogP contribution < -0.4 is 0 Å². The van der Waals surface area contributed by atoms with Crippen LogP contribution in [-0.2, 0) is 6.54 Å². The first-order valence-electron chi connectivity index (χ1n) is 5.92. The predicted molar refractivity (Wildman–Crippen MR) is 72.8 cm³/mol. The molecule has 0 spiro atoms. The van der Waals surface area contributed by atoms with Crippen molar-refractivity contribution in [2.75, 3.05) is 6.54 Å². The normalized spacial score (nSPS) is 10.5. The summed E-state index contributed by atoms with van der Waals surface area (Å²) in [6.07, 6.45) is 1.57. The molecule has 0 unspecified atom stereocenters. The van der Waals surface area contributed by atoms with Crippen molar-refractivity contribution in [1.29, 1.82) is 0 Å². The second kappa shape index (κ2) is 5.93. The van der Waals surface area contributed by atoms with E-state index in [0.717, 1.165) is 0 Å². The second-order valence-electron chi connectivity index (χ2n) is 4.06. The number of benzene rings is 1. The van der Waals surface area contributed by atoms with Gasteiger partial charge in [-0.3, -0.25) is 4.79 Å². The molecular formula is C14H14FNO2S. The Morgan fingerprint density at radius 3 is 2.79 bits per heavy atom. The molecule has 0 saturated heterocycles. The molecule has 19 heavy (non-hydrogen) atoms. The van der Waals surface area contributed by atoms with Gasteiger partial charge in [-0.2, -0.15) is 0 Å². The fraction of sp³-hybridized carbons (Fsp3) is 0.214. The molecule has 0 bridgehead atoms. The van der Waals surface area contributed by atoms with E-state index in [9.17, 15) is 9.18 Å². The first kappa shape index (κ1) is 13.7. The van der Waals surface area contributed by atoms with Crippen molar-refractivity contribution in [3.8, 4) is 0 Å². The third kappa shape index (κ3) is 3.17. The van der Waals surface area contributed by atoms with Gasteiger partial charge in [0.25, 0.3) is 5.91 Å². The molecule has 0 aliphatic heterocycles. The fourth-order valence-corrected chi connectivity index (χ4v) is 1.96. The number of thiol groups is 1. The summed E-state index contributed by atoms with van der Waals surface area (Å²) in [7, 11) is 0. The molecule has 0 N–H and O–H groups in total. The summed E-state index contributed by atoms with van der Waals surface area (Å²) < 4.78 is 18.4. The summed E-state index contributed by atoms with van der Waals surface area (Å²) in [4.78, 5) is 14.1. The Morgan fingerprint density at radius 1 is 1.42 bits per heavy atom. The molecule has 100 valence electrons. The van der Waals surface area contributed by atoms with Crippen molar-refractivity contribution in [2.45, 2.75) is 18.4 Å². The highest BCUT2D eigenvalue weighted by atomic mass is 32.1. The van der Waals surface area contributed by atoms with Gasteiger partial charge in [0.1, 0.15) is 11.6 Å². The summed E-state index contributed by atoms with van der Waals surface area (Å²) in [6, 6.07) is 7.73. The van der Waals surface area contributed by atoms with E-state index in [4.69, 9.17) is 4.42 Å². The highest BCUT2D eigenvalue weighted by Crippen LogP contribution is 2.17. The lowest BCUT2D eigenvalue weighted by Gasteiger charge is -2.19. The van der Waals surface area contributed by atoms with Gasteiger partial charge in [-0.25, -0.2) is 4.39 Å². The van der Waals surface area contributed by atoms with Crippen LogP contribution in [0.25, 0.3) is 0 Å². The Morgan fingerprint density at radius 2 is 2.21 bits per heavy atom. The molecule has 2 rings (SSSR count). The van der Waals surface area contributed by atoms with E-state index in [0.29, 0.717) is 24.4 Å². The number of carbonyl (C=O) groups excluding carboxylic acids is 1. The van der Waals surface area contributed by atoms with Gasteiger partial charge in [0.05, 0.1) is 12.8 Å². The number of hydrogen-bond donors (Lipinski definition) is 1. The van der Waals surface area contributed by atoms with Gasteiger partial charge in [0.2, 0.25) is 0 Å². The van der Waals surface area contributed by atoms with E-state index in [-0.39, 0.29) is 10.8 Å². The number of rotatable bonds is 4. The van der Waals surface area contributed by atoms with E-state index in [1.165, 1.54) is 18.2 Å². The van der Waals surface area contributed by atoms with Crippen LogP contribution in [-0.4, -0.2) is 17.4 Å². The molecule has 5 heteroatoms. The van der Waals surface area contributed by atoms with Crippen molar-refractivity contribution in [2.24, 2.45) is 0 Å². The highest BCUT2D eigenvalue weighted by Gasteiger charge is 2.16. The van der Waals surface area contributed by atoms with Crippen LogP contribution in [0.15, 0.2) is 45.9 Å². The monoisotopic (exact) mass is 279 g/mol. The Kier molecular flexibility index (Phi) is 4.27. The summed E-state index contributed by atoms with van der Waals surface area (Å²) in [5.41, 5.74) is 0.416.